The lowest BCUT2D eigenvalue weighted by Crippen LogP contribution is -1.86. The van der Waals surface area contributed by atoms with Gasteiger partial charge in [-0.15, -0.1) is 0 Å². The molecule has 0 saturated heterocycles. The zero-order valence-electron chi connectivity index (χ0n) is 9.39. The van der Waals surface area contributed by atoms with Gasteiger partial charge < -0.3 is 0 Å². The number of hydrogen-bond acceptors (Lipinski definition) is 0. The van der Waals surface area contributed by atoms with Crippen LogP contribution in [0, 0.1) is 12.8 Å². The fourth-order valence-corrected chi connectivity index (χ4v) is 1.31. The van der Waals surface area contributed by atoms with Crippen LogP contribution >= 0.6 is 0 Å². The molecule has 0 nitrogen and oxygen atoms in total. The van der Waals surface area contributed by atoms with Gasteiger partial charge in [0.05, 0.1) is 0 Å². The molecule has 0 saturated carbocycles. The number of unbranched alkanes of at least 4 members (excludes halogenated alkanes) is 4. The molecule has 0 aliphatic heterocycles. The summed E-state index contributed by atoms with van der Waals surface area (Å²) in [5, 5.41) is 0. The van der Waals surface area contributed by atoms with Crippen LogP contribution in [0.15, 0.2) is 12.2 Å². The second-order valence-corrected chi connectivity index (χ2v) is 4.00. The highest BCUT2D eigenvalue weighted by molar-refractivity contribution is 4.81. The summed E-state index contributed by atoms with van der Waals surface area (Å²) in [6, 6.07) is 0. The minimum Gasteiger partial charge on any atom is -0.0885 e. The van der Waals surface area contributed by atoms with Crippen LogP contribution in [0.4, 0.5) is 0 Å². The van der Waals surface area contributed by atoms with Crippen LogP contribution in [0.25, 0.3) is 0 Å². The highest BCUT2D eigenvalue weighted by Crippen LogP contribution is 2.08. The molecule has 0 bridgehead atoms. The van der Waals surface area contributed by atoms with Crippen LogP contribution in [0.3, 0.4) is 0 Å². The maximum atomic E-state index is 3.98. The van der Waals surface area contributed by atoms with Crippen molar-refractivity contribution in [3.8, 4) is 0 Å². The van der Waals surface area contributed by atoms with E-state index in [1.165, 1.54) is 44.9 Å². The molecule has 0 spiro atoms. The van der Waals surface area contributed by atoms with E-state index in [2.05, 4.69) is 32.9 Å². The molecule has 0 aromatic heterocycles. The molecule has 0 heteroatoms. The molecule has 0 rings (SSSR count). The second kappa shape index (κ2) is 9.83. The lowest BCUT2D eigenvalue weighted by atomic mass is 10.1. The minimum absolute atomic E-state index is 0.629. The Balaban J connectivity index is 3.02. The quantitative estimate of drug-likeness (QED) is 0.374. The Morgan fingerprint density at radius 1 is 1.08 bits per heavy atom. The lowest BCUT2D eigenvalue weighted by molar-refractivity contribution is 0.581. The van der Waals surface area contributed by atoms with Gasteiger partial charge in [-0.25, -0.2) is 0 Å². The normalized spacial score (nSPS) is 11.7. The van der Waals surface area contributed by atoms with Gasteiger partial charge in [-0.3, -0.25) is 0 Å². The predicted molar refractivity (Wildman–Crippen MR) is 61.7 cm³/mol. The van der Waals surface area contributed by atoms with Crippen LogP contribution in [-0.4, -0.2) is 0 Å². The Labute approximate surface area is 84.4 Å². The van der Waals surface area contributed by atoms with Gasteiger partial charge in [0.15, 0.2) is 0 Å². The maximum absolute atomic E-state index is 3.98. The molecular weight excluding hydrogens is 156 g/mol. The number of allylic oxidation sites excluding steroid dienone is 2. The number of rotatable bonds is 8. The molecule has 1 unspecified atom stereocenters. The number of hydrogen-bond donors (Lipinski definition) is 0. The van der Waals surface area contributed by atoms with Crippen LogP contribution in [-0.2, 0) is 0 Å². The summed E-state index contributed by atoms with van der Waals surface area (Å²) in [7, 11) is 0. The summed E-state index contributed by atoms with van der Waals surface area (Å²) in [4.78, 5) is 0. The molecule has 0 fully saturated rings. The van der Waals surface area contributed by atoms with Crippen LogP contribution in [0.2, 0.25) is 0 Å². The smallest absolute Gasteiger partial charge is 0.0351 e. The van der Waals surface area contributed by atoms with Crippen molar-refractivity contribution in [3.05, 3.63) is 19.1 Å². The summed E-state index contributed by atoms with van der Waals surface area (Å²) < 4.78 is 0. The molecular formula is C13H25. The Kier molecular flexibility index (Phi) is 9.63. The van der Waals surface area contributed by atoms with Gasteiger partial charge in [0.25, 0.3) is 0 Å². The molecule has 77 valence electrons. The third-order valence-corrected chi connectivity index (χ3v) is 2.21. The van der Waals surface area contributed by atoms with Crippen molar-refractivity contribution >= 4 is 0 Å². The molecule has 0 aromatic carbocycles. The first-order chi connectivity index (χ1) is 6.27. The summed E-state index contributed by atoms with van der Waals surface area (Å²) in [6.45, 7) is 8.41. The average Bonchev–Trinajstić information content (AvgIpc) is 2.09. The zero-order chi connectivity index (χ0) is 9.94. The highest BCUT2D eigenvalue weighted by Gasteiger charge is 1.92. The molecule has 1 atom stereocenters. The Bertz CT molecular complexity index is 111. The Hall–Kier alpha value is -0.260. The van der Waals surface area contributed by atoms with E-state index in [1.807, 2.05) is 0 Å². The molecule has 0 heterocycles. The lowest BCUT2D eigenvalue weighted by Gasteiger charge is -2.01. The van der Waals surface area contributed by atoms with Gasteiger partial charge in [-0.2, -0.15) is 0 Å². The summed E-state index contributed by atoms with van der Waals surface area (Å²) in [5.74, 6) is 0.629. The SMILES string of the molecule is [CH2]C(C)CCCCC=CCCCC. The van der Waals surface area contributed by atoms with Crippen molar-refractivity contribution in [3.63, 3.8) is 0 Å². The average molecular weight is 181 g/mol. The molecule has 0 N–H and O–H groups in total. The fourth-order valence-electron chi connectivity index (χ4n) is 1.31. The third-order valence-electron chi connectivity index (χ3n) is 2.21. The van der Waals surface area contributed by atoms with E-state index < -0.39 is 0 Å². The molecule has 0 aromatic rings. The summed E-state index contributed by atoms with van der Waals surface area (Å²) in [5.41, 5.74) is 0. The van der Waals surface area contributed by atoms with Gasteiger partial charge in [-0.1, -0.05) is 58.6 Å². The topological polar surface area (TPSA) is 0 Å². The fraction of sp³-hybridized carbons (Fsp3) is 0.769. The first kappa shape index (κ1) is 12.7. The van der Waals surface area contributed by atoms with Crippen molar-refractivity contribution in [2.75, 3.05) is 0 Å². The molecule has 13 heavy (non-hydrogen) atoms. The van der Waals surface area contributed by atoms with Gasteiger partial charge >= 0.3 is 0 Å². The second-order valence-electron chi connectivity index (χ2n) is 4.00. The third kappa shape index (κ3) is 11.7. The van der Waals surface area contributed by atoms with Crippen molar-refractivity contribution in [1.82, 2.24) is 0 Å². The Morgan fingerprint density at radius 2 is 1.69 bits per heavy atom. The highest BCUT2D eigenvalue weighted by atomic mass is 14.0. The van der Waals surface area contributed by atoms with E-state index in [-0.39, 0.29) is 0 Å². The monoisotopic (exact) mass is 181 g/mol. The van der Waals surface area contributed by atoms with Crippen LogP contribution < -0.4 is 0 Å². The maximum Gasteiger partial charge on any atom is -0.0351 e. The Morgan fingerprint density at radius 3 is 2.23 bits per heavy atom. The molecule has 1 radical (unpaired) electrons. The van der Waals surface area contributed by atoms with Crippen molar-refractivity contribution in [1.29, 1.82) is 0 Å². The predicted octanol–water partition coefficient (Wildman–Crippen LogP) is 4.76. The standard InChI is InChI=1S/C13H25/c1-4-5-6-7-8-9-10-11-12-13(2)3/h7-8,13H,2,4-6,9-12H2,1,3H3. The molecule has 0 aliphatic carbocycles. The van der Waals surface area contributed by atoms with Crippen LogP contribution in [0.5, 0.6) is 0 Å². The first-order valence-corrected chi connectivity index (χ1v) is 5.75. The van der Waals surface area contributed by atoms with Crippen molar-refractivity contribution in [2.24, 2.45) is 5.92 Å². The van der Waals surface area contributed by atoms with Gasteiger partial charge in [-0.05, 0) is 25.2 Å². The van der Waals surface area contributed by atoms with E-state index in [0.717, 1.165) is 0 Å². The van der Waals surface area contributed by atoms with E-state index in [9.17, 15) is 0 Å². The first-order valence-electron chi connectivity index (χ1n) is 5.75. The zero-order valence-corrected chi connectivity index (χ0v) is 9.39. The largest absolute Gasteiger partial charge is 0.0885 e. The summed E-state index contributed by atoms with van der Waals surface area (Å²) in [6.07, 6.45) is 13.8. The molecule has 0 amide bonds. The van der Waals surface area contributed by atoms with E-state index in [0.29, 0.717) is 5.92 Å². The van der Waals surface area contributed by atoms with E-state index in [1.54, 1.807) is 0 Å². The van der Waals surface area contributed by atoms with Crippen molar-refractivity contribution < 1.29 is 0 Å². The summed E-state index contributed by atoms with van der Waals surface area (Å²) >= 11 is 0. The van der Waals surface area contributed by atoms with E-state index >= 15 is 0 Å². The molecule has 0 aliphatic rings. The van der Waals surface area contributed by atoms with E-state index in [4.69, 9.17) is 0 Å². The minimum atomic E-state index is 0.629. The van der Waals surface area contributed by atoms with Gasteiger partial charge in [0.2, 0.25) is 0 Å². The van der Waals surface area contributed by atoms with Gasteiger partial charge in [0, 0.05) is 0 Å². The van der Waals surface area contributed by atoms with Crippen LogP contribution in [0.1, 0.15) is 58.8 Å². The van der Waals surface area contributed by atoms with Crippen molar-refractivity contribution in [2.45, 2.75) is 58.8 Å². The van der Waals surface area contributed by atoms with Gasteiger partial charge in [0.1, 0.15) is 0 Å².